The Labute approximate surface area is 171 Å². The lowest BCUT2D eigenvalue weighted by atomic mass is 10.1. The lowest BCUT2D eigenvalue weighted by Gasteiger charge is -2.19. The molecular weight excluding hydrogens is 414 g/mol. The fourth-order valence-electron chi connectivity index (χ4n) is 2.98. The van der Waals surface area contributed by atoms with Crippen molar-refractivity contribution >= 4 is 33.0 Å². The molecule has 4 rings (SSSR count). The summed E-state index contributed by atoms with van der Waals surface area (Å²) in [4.78, 5) is 12.1. The summed E-state index contributed by atoms with van der Waals surface area (Å²) in [5.41, 5.74) is 1.41. The molecule has 0 aliphatic carbocycles. The second kappa shape index (κ2) is 7.76. The van der Waals surface area contributed by atoms with Gasteiger partial charge in [0.15, 0.2) is 11.5 Å². The number of methoxy groups -OCH3 is 1. The van der Waals surface area contributed by atoms with Crippen LogP contribution in [0.15, 0.2) is 58.8 Å². The Hall–Kier alpha value is -3.04. The number of anilines is 1. The van der Waals surface area contributed by atoms with Crippen molar-refractivity contribution in [3.05, 3.63) is 58.8 Å². The minimum absolute atomic E-state index is 0.0106. The molecule has 2 heterocycles. The summed E-state index contributed by atoms with van der Waals surface area (Å²) in [5.74, 6) is 0.299. The lowest BCUT2D eigenvalue weighted by molar-refractivity contribution is 0.0602. The van der Waals surface area contributed by atoms with Crippen LogP contribution in [0.5, 0.6) is 11.5 Å². The highest BCUT2D eigenvalue weighted by Crippen LogP contribution is 2.38. The van der Waals surface area contributed by atoms with E-state index >= 15 is 0 Å². The van der Waals surface area contributed by atoms with Crippen molar-refractivity contribution in [1.82, 2.24) is 0 Å². The Morgan fingerprint density at radius 3 is 2.52 bits per heavy atom. The van der Waals surface area contributed by atoms with Gasteiger partial charge in [0.25, 0.3) is 10.0 Å². The van der Waals surface area contributed by atoms with E-state index in [1.165, 1.54) is 7.11 Å². The van der Waals surface area contributed by atoms with Crippen LogP contribution < -0.4 is 14.2 Å². The Kier molecular flexibility index (Phi) is 5.16. The molecule has 1 aliphatic rings. The zero-order valence-electron chi connectivity index (χ0n) is 15.4. The fraction of sp³-hybridized carbons (Fsp3) is 0.150. The van der Waals surface area contributed by atoms with Crippen molar-refractivity contribution in [2.24, 2.45) is 0 Å². The number of hydrogen-bond donors (Lipinski definition) is 1. The van der Waals surface area contributed by atoms with Gasteiger partial charge in [0.1, 0.15) is 23.0 Å². The monoisotopic (exact) mass is 431 g/mol. The van der Waals surface area contributed by atoms with Gasteiger partial charge >= 0.3 is 5.97 Å². The summed E-state index contributed by atoms with van der Waals surface area (Å²) in [7, 11) is -2.88. The van der Waals surface area contributed by atoms with Gasteiger partial charge in [0.2, 0.25) is 0 Å². The maximum atomic E-state index is 13.3. The van der Waals surface area contributed by atoms with Crippen molar-refractivity contribution in [3.63, 3.8) is 0 Å². The van der Waals surface area contributed by atoms with Crippen molar-refractivity contribution < 1.29 is 27.4 Å². The molecule has 1 N–H and O–H groups in total. The van der Waals surface area contributed by atoms with Crippen LogP contribution >= 0.6 is 11.3 Å². The van der Waals surface area contributed by atoms with Crippen LogP contribution in [0.2, 0.25) is 0 Å². The number of nitrogens with one attached hydrogen (secondary N) is 1. The van der Waals surface area contributed by atoms with E-state index in [2.05, 4.69) is 4.72 Å². The number of carbonyl (C=O) groups excluding carboxylic acids is 1. The van der Waals surface area contributed by atoms with E-state index in [0.29, 0.717) is 41.5 Å². The number of ether oxygens (including phenoxy) is 3. The molecule has 0 bridgehead atoms. The standard InChI is InChI=1S/C20H17NO6S2/c1-25-20(22)18-19(15(12-28-18)13-5-3-2-4-6-13)29(23,24)21-14-7-8-16-17(11-14)27-10-9-26-16/h2-8,11-12,21H,9-10H2,1H3. The van der Waals surface area contributed by atoms with Gasteiger partial charge in [-0.1, -0.05) is 30.3 Å². The molecule has 0 radical (unpaired) electrons. The third-order valence-electron chi connectivity index (χ3n) is 4.26. The summed E-state index contributed by atoms with van der Waals surface area (Å²) < 4.78 is 44.9. The number of hydrogen-bond acceptors (Lipinski definition) is 7. The van der Waals surface area contributed by atoms with Crippen molar-refractivity contribution in [3.8, 4) is 22.6 Å². The van der Waals surface area contributed by atoms with E-state index < -0.39 is 16.0 Å². The predicted octanol–water partition coefficient (Wildman–Crippen LogP) is 3.77. The predicted molar refractivity (Wildman–Crippen MR) is 109 cm³/mol. The average Bonchev–Trinajstić information content (AvgIpc) is 3.20. The van der Waals surface area contributed by atoms with Crippen LogP contribution in [0.3, 0.4) is 0 Å². The molecule has 0 unspecified atom stereocenters. The van der Waals surface area contributed by atoms with Gasteiger partial charge in [0.05, 0.1) is 12.8 Å². The first kappa shape index (κ1) is 19.3. The van der Waals surface area contributed by atoms with E-state index in [1.807, 2.05) is 6.07 Å². The van der Waals surface area contributed by atoms with Crippen LogP contribution in [0, 0.1) is 0 Å². The largest absolute Gasteiger partial charge is 0.486 e. The van der Waals surface area contributed by atoms with Gasteiger partial charge in [-0.05, 0) is 17.7 Å². The van der Waals surface area contributed by atoms with E-state index in [4.69, 9.17) is 14.2 Å². The summed E-state index contributed by atoms with van der Waals surface area (Å²) in [6, 6.07) is 13.8. The Morgan fingerprint density at radius 2 is 1.79 bits per heavy atom. The molecule has 29 heavy (non-hydrogen) atoms. The zero-order valence-corrected chi connectivity index (χ0v) is 17.0. The highest BCUT2D eigenvalue weighted by atomic mass is 32.2. The smallest absolute Gasteiger partial charge is 0.349 e. The van der Waals surface area contributed by atoms with Gasteiger partial charge in [0, 0.05) is 17.0 Å². The van der Waals surface area contributed by atoms with Crippen molar-refractivity contribution in [2.45, 2.75) is 4.90 Å². The number of sulfonamides is 1. The van der Waals surface area contributed by atoms with Crippen LogP contribution in [0.4, 0.5) is 5.69 Å². The first-order chi connectivity index (χ1) is 14.0. The molecule has 1 aliphatic heterocycles. The molecule has 7 nitrogen and oxygen atoms in total. The molecule has 2 aromatic carbocycles. The normalized spacial score (nSPS) is 13.0. The van der Waals surface area contributed by atoms with E-state index in [0.717, 1.165) is 11.3 Å². The number of fused-ring (bicyclic) bond motifs is 1. The minimum atomic E-state index is -4.10. The van der Waals surface area contributed by atoms with E-state index in [1.54, 1.807) is 47.8 Å². The molecular formula is C20H17NO6S2. The molecule has 1 aromatic heterocycles. The zero-order chi connectivity index (χ0) is 20.4. The minimum Gasteiger partial charge on any atom is -0.486 e. The molecule has 0 saturated carbocycles. The first-order valence-corrected chi connectivity index (χ1v) is 11.0. The Morgan fingerprint density at radius 1 is 1.07 bits per heavy atom. The quantitative estimate of drug-likeness (QED) is 0.619. The number of esters is 1. The van der Waals surface area contributed by atoms with E-state index in [9.17, 15) is 13.2 Å². The van der Waals surface area contributed by atoms with Crippen LogP contribution in [0.1, 0.15) is 9.67 Å². The molecule has 3 aromatic rings. The molecule has 150 valence electrons. The molecule has 0 amide bonds. The SMILES string of the molecule is COC(=O)c1scc(-c2ccccc2)c1S(=O)(=O)Nc1ccc2c(c1)OCCO2. The summed E-state index contributed by atoms with van der Waals surface area (Å²) >= 11 is 1.03. The number of carbonyl (C=O) groups is 1. The number of benzene rings is 2. The van der Waals surface area contributed by atoms with Gasteiger partial charge in [-0.2, -0.15) is 0 Å². The third-order valence-corrected chi connectivity index (χ3v) is 6.82. The Bertz CT molecular complexity index is 1150. The van der Waals surface area contributed by atoms with Crippen LogP contribution in [-0.2, 0) is 14.8 Å². The number of thiophene rings is 1. The van der Waals surface area contributed by atoms with Crippen molar-refractivity contribution in [1.29, 1.82) is 0 Å². The number of rotatable bonds is 5. The summed E-state index contributed by atoms with van der Waals surface area (Å²) in [6.07, 6.45) is 0. The van der Waals surface area contributed by atoms with Gasteiger partial charge in [-0.3, -0.25) is 4.72 Å². The van der Waals surface area contributed by atoms with Crippen molar-refractivity contribution in [2.75, 3.05) is 25.0 Å². The third kappa shape index (κ3) is 3.79. The molecule has 0 saturated heterocycles. The Balaban J connectivity index is 1.78. The topological polar surface area (TPSA) is 90.9 Å². The molecule has 0 fully saturated rings. The van der Waals surface area contributed by atoms with Crippen LogP contribution in [0.25, 0.3) is 11.1 Å². The van der Waals surface area contributed by atoms with Gasteiger partial charge in [-0.15, -0.1) is 11.3 Å². The molecule has 0 atom stereocenters. The fourth-order valence-corrected chi connectivity index (χ4v) is 5.74. The second-order valence-corrected chi connectivity index (χ2v) is 8.63. The highest BCUT2D eigenvalue weighted by Gasteiger charge is 2.30. The highest BCUT2D eigenvalue weighted by molar-refractivity contribution is 7.93. The molecule has 9 heteroatoms. The maximum Gasteiger partial charge on any atom is 0.349 e. The van der Waals surface area contributed by atoms with Gasteiger partial charge < -0.3 is 14.2 Å². The lowest BCUT2D eigenvalue weighted by Crippen LogP contribution is -2.18. The second-order valence-electron chi connectivity index (χ2n) is 6.13. The summed E-state index contributed by atoms with van der Waals surface area (Å²) in [5, 5.41) is 1.64. The molecule has 0 spiro atoms. The summed E-state index contributed by atoms with van der Waals surface area (Å²) in [6.45, 7) is 0.828. The first-order valence-electron chi connectivity index (χ1n) is 8.67. The maximum absolute atomic E-state index is 13.3. The van der Waals surface area contributed by atoms with Gasteiger partial charge in [-0.25, -0.2) is 13.2 Å². The van der Waals surface area contributed by atoms with E-state index in [-0.39, 0.29) is 9.77 Å². The average molecular weight is 431 g/mol. The van der Waals surface area contributed by atoms with Crippen LogP contribution in [-0.4, -0.2) is 34.7 Å².